The van der Waals surface area contributed by atoms with Crippen molar-refractivity contribution in [2.24, 2.45) is 5.73 Å². The van der Waals surface area contributed by atoms with Crippen LogP contribution in [0.15, 0.2) is 42.7 Å². The van der Waals surface area contributed by atoms with Crippen LogP contribution in [0.2, 0.25) is 0 Å². The molecule has 2 aromatic rings. The first-order chi connectivity index (χ1) is 8.63. The molecule has 18 heavy (non-hydrogen) atoms. The Kier molecular flexibility index (Phi) is 5.40. The first-order valence-corrected chi connectivity index (χ1v) is 5.08. The number of hydrogen-bond acceptors (Lipinski definition) is 4. The Morgan fingerprint density at radius 1 is 1.22 bits per heavy atom. The molecule has 0 amide bonds. The summed E-state index contributed by atoms with van der Waals surface area (Å²) in [6.07, 6.45) is 2.77. The van der Waals surface area contributed by atoms with Crippen LogP contribution in [0.4, 0.5) is 4.39 Å². The van der Waals surface area contributed by atoms with Crippen LogP contribution in [-0.2, 0) is 6.54 Å². The number of carboxylic acids is 1. The molecule has 2 rings (SSSR count). The van der Waals surface area contributed by atoms with Crippen molar-refractivity contribution in [3.05, 3.63) is 59.9 Å². The van der Waals surface area contributed by atoms with Gasteiger partial charge in [-0.3, -0.25) is 0 Å². The first kappa shape index (κ1) is 13.7. The van der Waals surface area contributed by atoms with E-state index in [0.717, 1.165) is 5.56 Å². The van der Waals surface area contributed by atoms with Crippen molar-refractivity contribution in [2.45, 2.75) is 6.54 Å². The Hall–Kier alpha value is -2.34. The number of rotatable bonds is 2. The van der Waals surface area contributed by atoms with Crippen molar-refractivity contribution >= 4 is 5.97 Å². The SMILES string of the molecule is NCc1ccc(F)cc1.O=C(O)c1ncccn1. The number of nitrogens with zero attached hydrogens (tertiary/aromatic N) is 2. The average molecular weight is 249 g/mol. The highest BCUT2D eigenvalue weighted by atomic mass is 19.1. The van der Waals surface area contributed by atoms with Gasteiger partial charge in [-0.2, -0.15) is 0 Å². The molecule has 1 aromatic heterocycles. The number of aromatic carboxylic acids is 1. The fraction of sp³-hybridized carbons (Fsp3) is 0.0833. The standard InChI is InChI=1S/C7H8FN.C5H4N2O2/c8-7-3-1-6(5-9)2-4-7;8-5(9)4-6-2-1-3-7-4/h1-4H,5,9H2;1-3H,(H,8,9). The third-order valence-electron chi connectivity index (χ3n) is 1.91. The quantitative estimate of drug-likeness (QED) is 0.841. The van der Waals surface area contributed by atoms with Crippen molar-refractivity contribution in [1.29, 1.82) is 0 Å². The van der Waals surface area contributed by atoms with Crippen LogP contribution in [0, 0.1) is 5.82 Å². The molecule has 0 bridgehead atoms. The molecule has 1 heterocycles. The molecule has 0 radical (unpaired) electrons. The Morgan fingerprint density at radius 2 is 1.78 bits per heavy atom. The van der Waals surface area contributed by atoms with Gasteiger partial charge in [0.05, 0.1) is 0 Å². The van der Waals surface area contributed by atoms with Crippen molar-refractivity contribution in [3.63, 3.8) is 0 Å². The lowest BCUT2D eigenvalue weighted by molar-refractivity contribution is 0.0683. The summed E-state index contributed by atoms with van der Waals surface area (Å²) < 4.78 is 12.2. The molecule has 0 unspecified atom stereocenters. The van der Waals surface area contributed by atoms with Gasteiger partial charge in [0.2, 0.25) is 5.82 Å². The second-order valence-corrected chi connectivity index (χ2v) is 3.21. The molecule has 0 aliphatic rings. The lowest BCUT2D eigenvalue weighted by Gasteiger charge is -1.92. The third-order valence-corrected chi connectivity index (χ3v) is 1.91. The Bertz CT molecular complexity index is 488. The van der Waals surface area contributed by atoms with Crippen LogP contribution in [-0.4, -0.2) is 21.0 Å². The van der Waals surface area contributed by atoms with E-state index in [1.807, 2.05) is 0 Å². The fourth-order valence-electron chi connectivity index (χ4n) is 1.03. The van der Waals surface area contributed by atoms with E-state index in [2.05, 4.69) is 9.97 Å². The summed E-state index contributed by atoms with van der Waals surface area (Å²) in [5.41, 5.74) is 6.23. The van der Waals surface area contributed by atoms with E-state index in [0.29, 0.717) is 6.54 Å². The van der Waals surface area contributed by atoms with Crippen molar-refractivity contribution in [2.75, 3.05) is 0 Å². The zero-order valence-corrected chi connectivity index (χ0v) is 9.45. The molecule has 1 aromatic carbocycles. The van der Waals surface area contributed by atoms with Gasteiger partial charge in [0.25, 0.3) is 0 Å². The molecular weight excluding hydrogens is 237 g/mol. The largest absolute Gasteiger partial charge is 0.475 e. The van der Waals surface area contributed by atoms with E-state index in [-0.39, 0.29) is 11.6 Å². The minimum atomic E-state index is -1.10. The molecular formula is C12H12FN3O2. The van der Waals surface area contributed by atoms with E-state index in [1.165, 1.54) is 24.5 Å². The topological polar surface area (TPSA) is 89.1 Å². The van der Waals surface area contributed by atoms with Gasteiger partial charge in [-0.25, -0.2) is 19.2 Å². The summed E-state index contributed by atoms with van der Waals surface area (Å²) >= 11 is 0. The minimum Gasteiger partial charge on any atom is -0.475 e. The van der Waals surface area contributed by atoms with Gasteiger partial charge in [0.15, 0.2) is 0 Å². The predicted molar refractivity (Wildman–Crippen MR) is 63.3 cm³/mol. The summed E-state index contributed by atoms with van der Waals surface area (Å²) in [6.45, 7) is 0.472. The summed E-state index contributed by atoms with van der Waals surface area (Å²) in [4.78, 5) is 17.0. The number of aromatic nitrogens is 2. The van der Waals surface area contributed by atoms with E-state index in [9.17, 15) is 9.18 Å². The average Bonchev–Trinajstić information content (AvgIpc) is 2.41. The number of halogens is 1. The van der Waals surface area contributed by atoms with Crippen LogP contribution < -0.4 is 5.73 Å². The normalized spacial score (nSPS) is 9.22. The van der Waals surface area contributed by atoms with Gasteiger partial charge in [-0.05, 0) is 23.8 Å². The van der Waals surface area contributed by atoms with Crippen LogP contribution in [0.5, 0.6) is 0 Å². The molecule has 0 atom stereocenters. The Morgan fingerprint density at radius 3 is 2.17 bits per heavy atom. The van der Waals surface area contributed by atoms with Crippen LogP contribution in [0.25, 0.3) is 0 Å². The lowest BCUT2D eigenvalue weighted by Crippen LogP contribution is -2.01. The summed E-state index contributed by atoms with van der Waals surface area (Å²) in [7, 11) is 0. The maximum absolute atomic E-state index is 12.2. The van der Waals surface area contributed by atoms with Crippen molar-refractivity contribution in [3.8, 4) is 0 Å². The summed E-state index contributed by atoms with van der Waals surface area (Å²) in [5.74, 6) is -1.49. The monoisotopic (exact) mass is 249 g/mol. The first-order valence-electron chi connectivity index (χ1n) is 5.08. The van der Waals surface area contributed by atoms with E-state index >= 15 is 0 Å². The van der Waals surface area contributed by atoms with E-state index in [1.54, 1.807) is 18.2 Å². The highest BCUT2D eigenvalue weighted by molar-refractivity contribution is 5.82. The van der Waals surface area contributed by atoms with E-state index < -0.39 is 5.97 Å². The molecule has 5 nitrogen and oxygen atoms in total. The van der Waals surface area contributed by atoms with Crippen LogP contribution in [0.3, 0.4) is 0 Å². The summed E-state index contributed by atoms with van der Waals surface area (Å²) in [5, 5.41) is 8.26. The molecule has 6 heteroatoms. The van der Waals surface area contributed by atoms with Gasteiger partial charge >= 0.3 is 5.97 Å². The zero-order chi connectivity index (χ0) is 13.4. The van der Waals surface area contributed by atoms with E-state index in [4.69, 9.17) is 10.8 Å². The molecule has 0 saturated heterocycles. The van der Waals surface area contributed by atoms with Gasteiger partial charge in [-0.15, -0.1) is 0 Å². The molecule has 0 aliphatic carbocycles. The highest BCUT2D eigenvalue weighted by Crippen LogP contribution is 2.00. The maximum atomic E-state index is 12.2. The summed E-state index contributed by atoms with van der Waals surface area (Å²) in [6, 6.07) is 7.72. The molecule has 0 aliphatic heterocycles. The maximum Gasteiger partial charge on any atom is 0.373 e. The van der Waals surface area contributed by atoms with Crippen molar-refractivity contribution < 1.29 is 14.3 Å². The minimum absolute atomic E-state index is 0.169. The second kappa shape index (κ2) is 7.08. The number of carboxylic acid groups (broad SMARTS) is 1. The lowest BCUT2D eigenvalue weighted by atomic mass is 10.2. The second-order valence-electron chi connectivity index (χ2n) is 3.21. The molecule has 94 valence electrons. The van der Waals surface area contributed by atoms with Crippen LogP contribution >= 0.6 is 0 Å². The molecule has 3 N–H and O–H groups in total. The smallest absolute Gasteiger partial charge is 0.373 e. The van der Waals surface area contributed by atoms with Gasteiger partial charge in [-0.1, -0.05) is 12.1 Å². The number of nitrogens with two attached hydrogens (primary N) is 1. The molecule has 0 fully saturated rings. The third kappa shape index (κ3) is 4.67. The Balaban J connectivity index is 0.000000180. The molecule has 0 spiro atoms. The number of benzene rings is 1. The highest BCUT2D eigenvalue weighted by Gasteiger charge is 2.01. The Labute approximate surface area is 103 Å². The zero-order valence-electron chi connectivity index (χ0n) is 9.45. The number of hydrogen-bond donors (Lipinski definition) is 2. The predicted octanol–water partition coefficient (Wildman–Crippen LogP) is 1.46. The van der Waals surface area contributed by atoms with Crippen LogP contribution in [0.1, 0.15) is 16.2 Å². The van der Waals surface area contributed by atoms with Gasteiger partial charge in [0, 0.05) is 18.9 Å². The van der Waals surface area contributed by atoms with Crippen molar-refractivity contribution in [1.82, 2.24) is 9.97 Å². The fourth-order valence-corrected chi connectivity index (χ4v) is 1.03. The number of carbonyl (C=O) groups is 1. The van der Waals surface area contributed by atoms with Gasteiger partial charge in [0.1, 0.15) is 5.82 Å². The van der Waals surface area contributed by atoms with Gasteiger partial charge < -0.3 is 10.8 Å². The molecule has 0 saturated carbocycles.